The van der Waals surface area contributed by atoms with Gasteiger partial charge in [-0.1, -0.05) is 12.8 Å². The number of nitrogens with zero attached hydrogens (tertiary/aromatic N) is 1. The van der Waals surface area contributed by atoms with Crippen LogP contribution in [-0.2, 0) is 0 Å². The van der Waals surface area contributed by atoms with E-state index in [1.807, 2.05) is 18.7 Å². The monoisotopic (exact) mass is 227 g/mol. The summed E-state index contributed by atoms with van der Waals surface area (Å²) in [6.07, 6.45) is 5.60. The number of hydrogen-bond donors (Lipinski definition) is 2. The number of amides is 2. The van der Waals surface area contributed by atoms with Crippen LogP contribution < -0.4 is 11.1 Å². The highest BCUT2D eigenvalue weighted by molar-refractivity contribution is 5.74. The maximum absolute atomic E-state index is 11.9. The summed E-state index contributed by atoms with van der Waals surface area (Å²) in [6.45, 7) is 5.78. The fourth-order valence-electron chi connectivity index (χ4n) is 2.19. The van der Waals surface area contributed by atoms with Gasteiger partial charge in [0.1, 0.15) is 0 Å². The summed E-state index contributed by atoms with van der Waals surface area (Å²) in [4.78, 5) is 13.9. The highest BCUT2D eigenvalue weighted by atomic mass is 16.2. The normalized spacial score (nSPS) is 21.1. The molecule has 3 N–H and O–H groups in total. The van der Waals surface area contributed by atoms with Gasteiger partial charge in [-0.2, -0.15) is 0 Å². The second kappa shape index (κ2) is 6.74. The van der Waals surface area contributed by atoms with Crippen molar-refractivity contribution >= 4 is 6.03 Å². The van der Waals surface area contributed by atoms with Crippen LogP contribution in [0.2, 0.25) is 0 Å². The van der Waals surface area contributed by atoms with E-state index < -0.39 is 0 Å². The van der Waals surface area contributed by atoms with Gasteiger partial charge in [0.25, 0.3) is 0 Å². The second-order valence-corrected chi connectivity index (χ2v) is 4.96. The molecular formula is C12H25N3O. The van der Waals surface area contributed by atoms with E-state index in [9.17, 15) is 4.79 Å². The molecule has 0 saturated carbocycles. The van der Waals surface area contributed by atoms with E-state index in [-0.39, 0.29) is 18.1 Å². The minimum absolute atomic E-state index is 0.0788. The third kappa shape index (κ3) is 4.84. The van der Waals surface area contributed by atoms with E-state index in [4.69, 9.17) is 5.73 Å². The van der Waals surface area contributed by atoms with Crippen LogP contribution in [0.3, 0.4) is 0 Å². The molecule has 1 aliphatic rings. The largest absolute Gasteiger partial charge is 0.335 e. The average Bonchev–Trinajstić information content (AvgIpc) is 2.43. The van der Waals surface area contributed by atoms with E-state index >= 15 is 0 Å². The summed E-state index contributed by atoms with van der Waals surface area (Å²) in [6, 6.07) is 0.380. The van der Waals surface area contributed by atoms with Crippen molar-refractivity contribution in [2.24, 2.45) is 5.73 Å². The molecule has 1 fully saturated rings. The van der Waals surface area contributed by atoms with Gasteiger partial charge < -0.3 is 16.0 Å². The number of urea groups is 1. The van der Waals surface area contributed by atoms with Gasteiger partial charge in [-0.3, -0.25) is 0 Å². The third-order valence-electron chi connectivity index (χ3n) is 2.99. The first kappa shape index (κ1) is 13.3. The summed E-state index contributed by atoms with van der Waals surface area (Å²) in [5, 5.41) is 3.02. The maximum Gasteiger partial charge on any atom is 0.317 e. The van der Waals surface area contributed by atoms with Crippen LogP contribution >= 0.6 is 0 Å². The minimum atomic E-state index is 0.0788. The molecule has 4 heteroatoms. The van der Waals surface area contributed by atoms with Gasteiger partial charge >= 0.3 is 6.03 Å². The van der Waals surface area contributed by atoms with Crippen molar-refractivity contribution in [3.63, 3.8) is 0 Å². The van der Waals surface area contributed by atoms with E-state index in [1.165, 1.54) is 12.8 Å². The molecule has 2 atom stereocenters. The van der Waals surface area contributed by atoms with Gasteiger partial charge in [-0.05, 0) is 33.1 Å². The topological polar surface area (TPSA) is 58.4 Å². The summed E-state index contributed by atoms with van der Waals surface area (Å²) in [5.41, 5.74) is 5.71. The van der Waals surface area contributed by atoms with Crippen molar-refractivity contribution in [2.45, 2.75) is 58.0 Å². The van der Waals surface area contributed by atoms with Crippen molar-refractivity contribution in [1.82, 2.24) is 10.2 Å². The zero-order valence-corrected chi connectivity index (χ0v) is 10.5. The Morgan fingerprint density at radius 1 is 1.25 bits per heavy atom. The highest BCUT2D eigenvalue weighted by Crippen LogP contribution is 2.09. The Balaban J connectivity index is 2.32. The van der Waals surface area contributed by atoms with Crippen LogP contribution in [0.1, 0.15) is 46.0 Å². The van der Waals surface area contributed by atoms with Crippen molar-refractivity contribution in [3.8, 4) is 0 Å². The molecule has 1 aliphatic heterocycles. The molecule has 1 saturated heterocycles. The lowest BCUT2D eigenvalue weighted by Gasteiger charge is -2.24. The van der Waals surface area contributed by atoms with Crippen molar-refractivity contribution in [3.05, 3.63) is 0 Å². The molecule has 0 aromatic heterocycles. The lowest BCUT2D eigenvalue weighted by molar-refractivity contribution is 0.195. The molecule has 0 bridgehead atoms. The standard InChI is InChI=1S/C12H25N3O/c1-10(13)9-11(2)14-12(16)15-7-5-3-4-6-8-15/h10-11H,3-9,13H2,1-2H3,(H,14,16). The van der Waals surface area contributed by atoms with Crippen LogP contribution in [0.25, 0.3) is 0 Å². The average molecular weight is 227 g/mol. The Morgan fingerprint density at radius 3 is 2.31 bits per heavy atom. The van der Waals surface area contributed by atoms with Crippen LogP contribution in [0.15, 0.2) is 0 Å². The van der Waals surface area contributed by atoms with E-state index in [0.717, 1.165) is 32.4 Å². The number of likely N-dealkylation sites (tertiary alicyclic amines) is 1. The lowest BCUT2D eigenvalue weighted by atomic mass is 10.1. The first-order valence-electron chi connectivity index (χ1n) is 6.40. The molecule has 0 aromatic rings. The van der Waals surface area contributed by atoms with Crippen LogP contribution in [-0.4, -0.2) is 36.1 Å². The summed E-state index contributed by atoms with van der Waals surface area (Å²) in [7, 11) is 0. The Hall–Kier alpha value is -0.770. The highest BCUT2D eigenvalue weighted by Gasteiger charge is 2.17. The Bertz CT molecular complexity index is 210. The molecular weight excluding hydrogens is 202 g/mol. The van der Waals surface area contributed by atoms with E-state index in [0.29, 0.717) is 0 Å². The Morgan fingerprint density at radius 2 is 1.81 bits per heavy atom. The fraction of sp³-hybridized carbons (Fsp3) is 0.917. The van der Waals surface area contributed by atoms with Crippen molar-refractivity contribution in [1.29, 1.82) is 0 Å². The number of nitrogens with two attached hydrogens (primary N) is 1. The van der Waals surface area contributed by atoms with Crippen LogP contribution in [0, 0.1) is 0 Å². The van der Waals surface area contributed by atoms with Gasteiger partial charge in [0, 0.05) is 25.2 Å². The predicted molar refractivity (Wildman–Crippen MR) is 66.3 cm³/mol. The summed E-state index contributed by atoms with van der Waals surface area (Å²) in [5.74, 6) is 0. The molecule has 2 unspecified atom stereocenters. The zero-order valence-electron chi connectivity index (χ0n) is 10.5. The predicted octanol–water partition coefficient (Wildman–Crippen LogP) is 1.70. The first-order valence-corrected chi connectivity index (χ1v) is 6.40. The van der Waals surface area contributed by atoms with E-state index in [1.54, 1.807) is 0 Å². The SMILES string of the molecule is CC(N)CC(C)NC(=O)N1CCCCCC1. The van der Waals surface area contributed by atoms with Crippen molar-refractivity contribution in [2.75, 3.05) is 13.1 Å². The molecule has 2 amide bonds. The molecule has 1 rings (SSSR count). The quantitative estimate of drug-likeness (QED) is 0.771. The smallest absolute Gasteiger partial charge is 0.317 e. The molecule has 1 heterocycles. The van der Waals surface area contributed by atoms with Crippen molar-refractivity contribution < 1.29 is 4.79 Å². The lowest BCUT2D eigenvalue weighted by Crippen LogP contribution is -2.45. The minimum Gasteiger partial charge on any atom is -0.335 e. The maximum atomic E-state index is 11.9. The zero-order chi connectivity index (χ0) is 12.0. The number of hydrogen-bond acceptors (Lipinski definition) is 2. The molecule has 16 heavy (non-hydrogen) atoms. The molecule has 94 valence electrons. The molecule has 0 radical (unpaired) electrons. The Kier molecular flexibility index (Phi) is 5.60. The van der Waals surface area contributed by atoms with Gasteiger partial charge in [0.05, 0.1) is 0 Å². The number of carbonyl (C=O) groups is 1. The number of carbonyl (C=O) groups excluding carboxylic acids is 1. The van der Waals surface area contributed by atoms with Gasteiger partial charge in [-0.15, -0.1) is 0 Å². The van der Waals surface area contributed by atoms with Gasteiger partial charge in [0.15, 0.2) is 0 Å². The van der Waals surface area contributed by atoms with Crippen LogP contribution in [0.5, 0.6) is 0 Å². The molecule has 4 nitrogen and oxygen atoms in total. The third-order valence-corrected chi connectivity index (χ3v) is 2.99. The van der Waals surface area contributed by atoms with Gasteiger partial charge in [-0.25, -0.2) is 4.79 Å². The molecule has 0 aliphatic carbocycles. The Labute approximate surface area is 98.6 Å². The first-order chi connectivity index (χ1) is 7.59. The number of nitrogens with one attached hydrogen (secondary N) is 1. The second-order valence-electron chi connectivity index (χ2n) is 4.96. The number of rotatable bonds is 3. The molecule has 0 spiro atoms. The summed E-state index contributed by atoms with van der Waals surface area (Å²) < 4.78 is 0. The fourth-order valence-corrected chi connectivity index (χ4v) is 2.19. The van der Waals surface area contributed by atoms with Gasteiger partial charge in [0.2, 0.25) is 0 Å². The van der Waals surface area contributed by atoms with Crippen LogP contribution in [0.4, 0.5) is 4.79 Å². The van der Waals surface area contributed by atoms with E-state index in [2.05, 4.69) is 5.32 Å². The molecule has 0 aromatic carbocycles. The summed E-state index contributed by atoms with van der Waals surface area (Å²) >= 11 is 0.